The van der Waals surface area contributed by atoms with Crippen molar-refractivity contribution in [1.82, 2.24) is 25.5 Å². The lowest BCUT2D eigenvalue weighted by molar-refractivity contribution is -0.124. The van der Waals surface area contributed by atoms with Crippen LogP contribution in [-0.4, -0.2) is 62.5 Å². The predicted octanol–water partition coefficient (Wildman–Crippen LogP) is 2.61. The number of amides is 1. The maximum atomic E-state index is 13.0. The number of carbonyl (C=O) groups is 1. The molecule has 1 aliphatic rings. The Labute approximate surface area is 189 Å². The molecule has 0 bridgehead atoms. The second kappa shape index (κ2) is 9.25. The fraction of sp³-hybridized carbons (Fsp3) is 0.400. The van der Waals surface area contributed by atoms with Gasteiger partial charge in [-0.15, -0.1) is 0 Å². The van der Waals surface area contributed by atoms with Crippen LogP contribution in [-0.2, 0) is 4.79 Å². The summed E-state index contributed by atoms with van der Waals surface area (Å²) in [6.45, 7) is 2.98. The van der Waals surface area contributed by atoms with Crippen LogP contribution >= 0.6 is 23.2 Å². The standard InChI is InChI=1S/C20H23Cl2N7O2/c1-11(30)17(26-15-6-12(21)5-13(22)7-15)20(31)27-14-3-2-4-29(9-14)19-16-8-25-28-18(16)23-10-24-19/h5-8,10-11,14,17,26,30H,2-4,9H2,1H3,(H,27,31)(H,23,24,25,28)/t11-,14+,17+/m0/s1. The van der Waals surface area contributed by atoms with Gasteiger partial charge >= 0.3 is 0 Å². The summed E-state index contributed by atoms with van der Waals surface area (Å²) in [5.41, 5.74) is 1.24. The van der Waals surface area contributed by atoms with Crippen molar-refractivity contribution in [3.8, 4) is 0 Å². The number of hydrogen-bond acceptors (Lipinski definition) is 7. The van der Waals surface area contributed by atoms with Crippen molar-refractivity contribution in [3.05, 3.63) is 40.8 Å². The quantitative estimate of drug-likeness (QED) is 0.443. The number of piperidine rings is 1. The molecule has 3 aromatic rings. The zero-order valence-corrected chi connectivity index (χ0v) is 18.4. The topological polar surface area (TPSA) is 119 Å². The van der Waals surface area contributed by atoms with Gasteiger partial charge in [0.05, 0.1) is 17.7 Å². The van der Waals surface area contributed by atoms with E-state index in [1.54, 1.807) is 31.3 Å². The number of aromatic amines is 1. The Morgan fingerprint density at radius 1 is 1.29 bits per heavy atom. The lowest BCUT2D eigenvalue weighted by Crippen LogP contribution is -2.54. The molecular formula is C20H23Cl2N7O2. The minimum Gasteiger partial charge on any atom is -0.391 e. The number of nitrogens with one attached hydrogen (secondary N) is 3. The largest absolute Gasteiger partial charge is 0.391 e. The molecule has 0 radical (unpaired) electrons. The van der Waals surface area contributed by atoms with E-state index in [-0.39, 0.29) is 11.9 Å². The van der Waals surface area contributed by atoms with Crippen molar-refractivity contribution in [2.45, 2.75) is 38.0 Å². The van der Waals surface area contributed by atoms with E-state index >= 15 is 0 Å². The van der Waals surface area contributed by atoms with E-state index in [1.807, 2.05) is 0 Å². The van der Waals surface area contributed by atoms with Crippen molar-refractivity contribution in [3.63, 3.8) is 0 Å². The summed E-state index contributed by atoms with van der Waals surface area (Å²) in [6.07, 6.45) is 4.00. The van der Waals surface area contributed by atoms with Crippen LogP contribution in [0.2, 0.25) is 10.0 Å². The van der Waals surface area contributed by atoms with E-state index in [2.05, 4.69) is 35.7 Å². The third kappa shape index (κ3) is 5.00. The fourth-order valence-electron chi connectivity index (χ4n) is 3.80. The Balaban J connectivity index is 1.45. The van der Waals surface area contributed by atoms with Crippen LogP contribution in [0.25, 0.3) is 11.0 Å². The normalized spacial score (nSPS) is 18.6. The second-order valence-corrected chi connectivity index (χ2v) is 8.52. The molecule has 1 saturated heterocycles. The number of fused-ring (bicyclic) bond motifs is 1. The van der Waals surface area contributed by atoms with Crippen LogP contribution in [0.4, 0.5) is 11.5 Å². The molecule has 0 spiro atoms. The molecule has 1 amide bonds. The van der Waals surface area contributed by atoms with Crippen molar-refractivity contribution in [2.24, 2.45) is 0 Å². The van der Waals surface area contributed by atoms with Gasteiger partial charge in [0, 0.05) is 34.9 Å². The van der Waals surface area contributed by atoms with E-state index in [1.165, 1.54) is 6.33 Å². The molecule has 31 heavy (non-hydrogen) atoms. The summed E-state index contributed by atoms with van der Waals surface area (Å²) in [5.74, 6) is 0.491. The lowest BCUT2D eigenvalue weighted by Gasteiger charge is -2.35. The number of H-pyrrole nitrogens is 1. The van der Waals surface area contributed by atoms with Crippen LogP contribution in [0.1, 0.15) is 19.8 Å². The molecule has 4 N–H and O–H groups in total. The van der Waals surface area contributed by atoms with Gasteiger partial charge in [0.25, 0.3) is 0 Å². The number of carbonyl (C=O) groups excluding carboxylic acids is 1. The van der Waals surface area contributed by atoms with Crippen LogP contribution < -0.4 is 15.5 Å². The summed E-state index contributed by atoms with van der Waals surface area (Å²) in [7, 11) is 0. The van der Waals surface area contributed by atoms with Gasteiger partial charge in [-0.2, -0.15) is 5.10 Å². The first kappa shape index (κ1) is 21.6. The van der Waals surface area contributed by atoms with E-state index in [9.17, 15) is 9.90 Å². The van der Waals surface area contributed by atoms with Crippen molar-refractivity contribution < 1.29 is 9.90 Å². The Morgan fingerprint density at radius 3 is 2.81 bits per heavy atom. The van der Waals surface area contributed by atoms with E-state index < -0.39 is 12.1 Å². The van der Waals surface area contributed by atoms with Gasteiger partial charge in [-0.25, -0.2) is 9.97 Å². The third-order valence-corrected chi connectivity index (χ3v) is 5.68. The molecule has 3 atom stereocenters. The molecule has 2 aromatic heterocycles. The van der Waals surface area contributed by atoms with Crippen LogP contribution in [0.3, 0.4) is 0 Å². The first-order valence-electron chi connectivity index (χ1n) is 10.0. The molecule has 1 aromatic carbocycles. The molecule has 9 nitrogen and oxygen atoms in total. The molecule has 4 rings (SSSR count). The average Bonchev–Trinajstić information content (AvgIpc) is 3.20. The number of aromatic nitrogens is 4. The first-order valence-corrected chi connectivity index (χ1v) is 10.8. The summed E-state index contributed by atoms with van der Waals surface area (Å²) in [6, 6.07) is 3.97. The van der Waals surface area contributed by atoms with Gasteiger partial charge in [-0.1, -0.05) is 23.2 Å². The Kier molecular flexibility index (Phi) is 6.45. The number of benzene rings is 1. The van der Waals surface area contributed by atoms with Gasteiger partial charge < -0.3 is 20.6 Å². The predicted molar refractivity (Wildman–Crippen MR) is 121 cm³/mol. The highest BCUT2D eigenvalue weighted by molar-refractivity contribution is 6.35. The summed E-state index contributed by atoms with van der Waals surface area (Å²) < 4.78 is 0. The average molecular weight is 464 g/mol. The van der Waals surface area contributed by atoms with Crippen LogP contribution in [0.15, 0.2) is 30.7 Å². The van der Waals surface area contributed by atoms with E-state index in [0.717, 1.165) is 30.6 Å². The van der Waals surface area contributed by atoms with Gasteiger partial charge in [0.15, 0.2) is 5.65 Å². The monoisotopic (exact) mass is 463 g/mol. The Morgan fingerprint density at radius 2 is 2.06 bits per heavy atom. The third-order valence-electron chi connectivity index (χ3n) is 5.24. The molecular weight excluding hydrogens is 441 g/mol. The molecule has 3 heterocycles. The molecule has 11 heteroatoms. The van der Waals surface area contributed by atoms with Crippen molar-refractivity contribution >= 4 is 51.6 Å². The van der Waals surface area contributed by atoms with Crippen molar-refractivity contribution in [1.29, 1.82) is 0 Å². The highest BCUT2D eigenvalue weighted by Crippen LogP contribution is 2.25. The number of rotatable bonds is 6. The van der Waals surface area contributed by atoms with Gasteiger partial charge in [0.2, 0.25) is 5.91 Å². The maximum Gasteiger partial charge on any atom is 0.245 e. The Hall–Kier alpha value is -2.62. The molecule has 1 fully saturated rings. The van der Waals surface area contributed by atoms with E-state index in [4.69, 9.17) is 23.2 Å². The summed E-state index contributed by atoms with van der Waals surface area (Å²) >= 11 is 12.1. The number of anilines is 2. The second-order valence-electron chi connectivity index (χ2n) is 7.64. The molecule has 0 aliphatic carbocycles. The minimum atomic E-state index is -0.926. The minimum absolute atomic E-state index is 0.0934. The fourth-order valence-corrected chi connectivity index (χ4v) is 4.33. The zero-order chi connectivity index (χ0) is 22.0. The Bertz CT molecular complexity index is 1050. The summed E-state index contributed by atoms with van der Waals surface area (Å²) in [4.78, 5) is 23.7. The highest BCUT2D eigenvalue weighted by atomic mass is 35.5. The van der Waals surface area contributed by atoms with Crippen molar-refractivity contribution in [2.75, 3.05) is 23.3 Å². The molecule has 0 saturated carbocycles. The SMILES string of the molecule is C[C@H](O)[C@@H](Nc1cc(Cl)cc(Cl)c1)C(=O)N[C@@H]1CCCN(c2ncnc3[nH]ncc23)C1. The zero-order valence-electron chi connectivity index (χ0n) is 16.8. The van der Waals surface area contributed by atoms with Gasteiger partial charge in [-0.05, 0) is 38.0 Å². The van der Waals surface area contributed by atoms with Gasteiger partial charge in [0.1, 0.15) is 18.2 Å². The maximum absolute atomic E-state index is 13.0. The number of halogens is 2. The van der Waals surface area contributed by atoms with E-state index in [0.29, 0.717) is 27.9 Å². The first-order chi connectivity index (χ1) is 14.9. The van der Waals surface area contributed by atoms with Gasteiger partial charge in [-0.3, -0.25) is 9.89 Å². The number of aliphatic hydroxyl groups is 1. The summed E-state index contributed by atoms with van der Waals surface area (Å²) in [5, 5.41) is 24.9. The van der Waals surface area contributed by atoms with Crippen LogP contribution in [0, 0.1) is 0 Å². The highest BCUT2D eigenvalue weighted by Gasteiger charge is 2.29. The number of aliphatic hydroxyl groups excluding tert-OH is 1. The number of hydrogen-bond donors (Lipinski definition) is 4. The lowest BCUT2D eigenvalue weighted by atomic mass is 10.0. The molecule has 164 valence electrons. The molecule has 0 unspecified atom stereocenters. The van der Waals surface area contributed by atoms with Crippen LogP contribution in [0.5, 0.6) is 0 Å². The smallest absolute Gasteiger partial charge is 0.245 e. The molecule has 1 aliphatic heterocycles. The number of nitrogens with zero attached hydrogens (tertiary/aromatic N) is 4.